The number of hydrogen-bond donors (Lipinski definition) is 3. The van der Waals surface area contributed by atoms with Crippen molar-refractivity contribution in [2.75, 3.05) is 5.32 Å². The van der Waals surface area contributed by atoms with Crippen molar-refractivity contribution in [2.24, 2.45) is 5.73 Å². The van der Waals surface area contributed by atoms with Gasteiger partial charge in [0.2, 0.25) is 0 Å². The molecular weight excluding hydrogens is 352 g/mol. The molecule has 1 amide bonds. The Kier molecular flexibility index (Phi) is 4.59. The second-order valence-corrected chi connectivity index (χ2v) is 5.88. The van der Waals surface area contributed by atoms with E-state index in [0.29, 0.717) is 11.3 Å². The third-order valence-corrected chi connectivity index (χ3v) is 3.61. The fraction of sp³-hybridized carbons (Fsp3) is 0.0667. The van der Waals surface area contributed by atoms with Gasteiger partial charge in [0.15, 0.2) is 0 Å². The predicted molar refractivity (Wildman–Crippen MR) is 90.8 cm³/mol. The summed E-state index contributed by atoms with van der Waals surface area (Å²) in [6.45, 7) is 1.83. The van der Waals surface area contributed by atoms with Crippen molar-refractivity contribution in [1.29, 1.82) is 0 Å². The summed E-state index contributed by atoms with van der Waals surface area (Å²) in [7, 11) is 0. The van der Waals surface area contributed by atoms with Crippen molar-refractivity contribution in [2.45, 2.75) is 6.92 Å². The molecule has 0 unspecified atom stereocenters. The summed E-state index contributed by atoms with van der Waals surface area (Å²) < 4.78 is 0.807. The summed E-state index contributed by atoms with van der Waals surface area (Å²) in [4.78, 5) is 12.4. The van der Waals surface area contributed by atoms with Gasteiger partial charge >= 0.3 is 0 Å². The molecule has 0 aromatic heterocycles. The number of nitrogens with one attached hydrogen (secondary N) is 1. The fourth-order valence-electron chi connectivity index (χ4n) is 1.85. The van der Waals surface area contributed by atoms with Gasteiger partial charge in [-0.15, -0.1) is 0 Å². The zero-order valence-corrected chi connectivity index (χ0v) is 13.6. The van der Waals surface area contributed by atoms with E-state index in [4.69, 9.17) is 18.0 Å². The van der Waals surface area contributed by atoms with E-state index in [1.54, 1.807) is 30.3 Å². The Morgan fingerprint density at radius 1 is 1.24 bits per heavy atom. The minimum Gasteiger partial charge on any atom is -0.507 e. The normalized spacial score (nSPS) is 10.2. The molecule has 4 N–H and O–H groups in total. The van der Waals surface area contributed by atoms with Crippen molar-refractivity contribution >= 4 is 44.7 Å². The van der Waals surface area contributed by atoms with E-state index in [1.165, 1.54) is 6.07 Å². The molecule has 0 aliphatic heterocycles. The summed E-state index contributed by atoms with van der Waals surface area (Å²) in [5, 5.41) is 12.6. The van der Waals surface area contributed by atoms with Crippen LogP contribution in [0.15, 0.2) is 40.9 Å². The summed E-state index contributed by atoms with van der Waals surface area (Å²) in [6, 6.07) is 10.1. The van der Waals surface area contributed by atoms with E-state index in [2.05, 4.69) is 21.2 Å². The van der Waals surface area contributed by atoms with Crippen molar-refractivity contribution in [3.63, 3.8) is 0 Å². The van der Waals surface area contributed by atoms with E-state index in [-0.39, 0.29) is 16.3 Å². The zero-order valence-electron chi connectivity index (χ0n) is 11.2. The number of hydrogen-bond acceptors (Lipinski definition) is 3. The Bertz CT molecular complexity index is 732. The Labute approximate surface area is 136 Å². The number of amides is 1. The van der Waals surface area contributed by atoms with Gasteiger partial charge in [0.25, 0.3) is 5.91 Å². The van der Waals surface area contributed by atoms with E-state index in [9.17, 15) is 9.90 Å². The van der Waals surface area contributed by atoms with Crippen molar-refractivity contribution in [3.05, 3.63) is 57.6 Å². The highest BCUT2D eigenvalue weighted by Gasteiger charge is 2.14. The summed E-state index contributed by atoms with van der Waals surface area (Å²) in [5.41, 5.74) is 7.77. The SMILES string of the molecule is Cc1ccc(C(=O)Nc2ccc(Br)cc2C(N)=S)c(O)c1. The van der Waals surface area contributed by atoms with Crippen molar-refractivity contribution in [1.82, 2.24) is 0 Å². The van der Waals surface area contributed by atoms with Gasteiger partial charge in [-0.25, -0.2) is 0 Å². The highest BCUT2D eigenvalue weighted by molar-refractivity contribution is 9.10. The highest BCUT2D eigenvalue weighted by Crippen LogP contribution is 2.24. The van der Waals surface area contributed by atoms with Gasteiger partial charge in [0.05, 0.1) is 11.3 Å². The third kappa shape index (κ3) is 3.59. The summed E-state index contributed by atoms with van der Waals surface area (Å²) >= 11 is 8.31. The molecule has 0 saturated carbocycles. The molecule has 108 valence electrons. The fourth-order valence-corrected chi connectivity index (χ4v) is 2.38. The lowest BCUT2D eigenvalue weighted by atomic mass is 10.1. The maximum Gasteiger partial charge on any atom is 0.259 e. The average molecular weight is 365 g/mol. The molecule has 21 heavy (non-hydrogen) atoms. The number of nitrogens with two attached hydrogens (primary N) is 1. The van der Waals surface area contributed by atoms with Crippen LogP contribution in [0.4, 0.5) is 5.69 Å². The quantitative estimate of drug-likeness (QED) is 0.730. The molecule has 0 aliphatic rings. The van der Waals surface area contributed by atoms with Crippen molar-refractivity contribution in [3.8, 4) is 5.75 Å². The van der Waals surface area contributed by atoms with Crippen LogP contribution in [0.2, 0.25) is 0 Å². The highest BCUT2D eigenvalue weighted by atomic mass is 79.9. The smallest absolute Gasteiger partial charge is 0.259 e. The maximum atomic E-state index is 12.2. The molecule has 0 aliphatic carbocycles. The van der Waals surface area contributed by atoms with Gasteiger partial charge in [-0.1, -0.05) is 34.2 Å². The van der Waals surface area contributed by atoms with Crippen LogP contribution in [0.3, 0.4) is 0 Å². The minimum atomic E-state index is -0.424. The Hall–Kier alpha value is -1.92. The van der Waals surface area contributed by atoms with Gasteiger partial charge in [-0.05, 0) is 42.8 Å². The zero-order chi connectivity index (χ0) is 15.6. The van der Waals surface area contributed by atoms with Gasteiger partial charge in [0.1, 0.15) is 10.7 Å². The van der Waals surface area contributed by atoms with Crippen LogP contribution in [0.25, 0.3) is 0 Å². The monoisotopic (exact) mass is 364 g/mol. The Morgan fingerprint density at radius 3 is 2.57 bits per heavy atom. The van der Waals surface area contributed by atoms with E-state index in [1.807, 2.05) is 6.92 Å². The van der Waals surface area contributed by atoms with Crippen LogP contribution in [0.1, 0.15) is 21.5 Å². The number of aryl methyl sites for hydroxylation is 1. The van der Waals surface area contributed by atoms with Crippen LogP contribution in [-0.4, -0.2) is 16.0 Å². The molecule has 0 atom stereocenters. The first-order chi connectivity index (χ1) is 9.88. The van der Waals surface area contributed by atoms with E-state index < -0.39 is 5.91 Å². The lowest BCUT2D eigenvalue weighted by Gasteiger charge is -2.11. The average Bonchev–Trinajstić information content (AvgIpc) is 2.40. The minimum absolute atomic E-state index is 0.0681. The van der Waals surface area contributed by atoms with E-state index in [0.717, 1.165) is 10.0 Å². The molecule has 0 fully saturated rings. The molecule has 2 aromatic rings. The molecule has 0 bridgehead atoms. The van der Waals surface area contributed by atoms with Crippen molar-refractivity contribution < 1.29 is 9.90 Å². The molecule has 0 saturated heterocycles. The third-order valence-electron chi connectivity index (χ3n) is 2.89. The van der Waals surface area contributed by atoms with Gasteiger partial charge in [-0.2, -0.15) is 0 Å². The first kappa shape index (κ1) is 15.5. The van der Waals surface area contributed by atoms with Crippen LogP contribution in [0, 0.1) is 6.92 Å². The number of thiocarbonyl (C=S) groups is 1. The largest absolute Gasteiger partial charge is 0.507 e. The molecule has 0 heterocycles. The van der Waals surface area contributed by atoms with Gasteiger partial charge < -0.3 is 16.2 Å². The molecule has 2 aromatic carbocycles. The van der Waals surface area contributed by atoms with E-state index >= 15 is 0 Å². The number of halogens is 1. The topological polar surface area (TPSA) is 75.4 Å². The second kappa shape index (κ2) is 6.24. The van der Waals surface area contributed by atoms with Crippen LogP contribution in [0.5, 0.6) is 5.75 Å². The number of aromatic hydroxyl groups is 1. The lowest BCUT2D eigenvalue weighted by molar-refractivity contribution is 0.102. The van der Waals surface area contributed by atoms with Gasteiger partial charge in [-0.3, -0.25) is 4.79 Å². The molecule has 6 heteroatoms. The summed E-state index contributed by atoms with van der Waals surface area (Å²) in [6.07, 6.45) is 0. The Balaban J connectivity index is 2.34. The summed E-state index contributed by atoms with van der Waals surface area (Å²) in [5.74, 6) is -0.492. The Morgan fingerprint density at radius 2 is 1.95 bits per heavy atom. The number of carbonyl (C=O) groups is 1. The molecule has 2 rings (SSSR count). The predicted octanol–water partition coefficient (Wildman–Crippen LogP) is 3.35. The molecule has 0 radical (unpaired) electrons. The first-order valence-corrected chi connectivity index (χ1v) is 7.29. The molecule has 0 spiro atoms. The molecular formula is C15H13BrN2O2S. The van der Waals surface area contributed by atoms with Crippen LogP contribution >= 0.6 is 28.1 Å². The van der Waals surface area contributed by atoms with Gasteiger partial charge in [0, 0.05) is 10.0 Å². The van der Waals surface area contributed by atoms with Crippen LogP contribution < -0.4 is 11.1 Å². The first-order valence-electron chi connectivity index (χ1n) is 6.09. The maximum absolute atomic E-state index is 12.2. The molecule has 4 nitrogen and oxygen atoms in total. The number of phenolic OH excluding ortho intramolecular Hbond substituents is 1. The number of rotatable bonds is 3. The second-order valence-electron chi connectivity index (χ2n) is 4.53. The lowest BCUT2D eigenvalue weighted by Crippen LogP contribution is -2.17. The standard InChI is InChI=1S/C15H13BrN2O2S/c1-8-2-4-10(13(19)6-8)15(20)18-12-5-3-9(16)7-11(12)14(17)21/h2-7,19H,1H3,(H2,17,21)(H,18,20). The number of carbonyl (C=O) groups excluding carboxylic acids is 1. The number of anilines is 1. The number of benzene rings is 2. The van der Waals surface area contributed by atoms with Crippen LogP contribution in [-0.2, 0) is 0 Å². The number of phenols is 1.